The monoisotopic (exact) mass is 814 g/mol. The van der Waals surface area contributed by atoms with E-state index in [-0.39, 0.29) is 24.9 Å². The van der Waals surface area contributed by atoms with Gasteiger partial charge in [-0.3, -0.25) is 9.59 Å². The molecule has 1 amide bonds. The van der Waals surface area contributed by atoms with Crippen LogP contribution in [0, 0.1) is 0 Å². The van der Waals surface area contributed by atoms with E-state index >= 15 is 0 Å². The molecule has 6 nitrogen and oxygen atoms in total. The Bertz CT molecular complexity index is 1000. The van der Waals surface area contributed by atoms with Crippen LogP contribution < -0.4 is 5.32 Å². The topological polar surface area (TPSA) is 95.9 Å². The number of allylic oxidation sites excluding steroid dienone is 8. The van der Waals surface area contributed by atoms with E-state index in [1.165, 1.54) is 96.3 Å². The van der Waals surface area contributed by atoms with Crippen molar-refractivity contribution in [3.8, 4) is 0 Å². The highest BCUT2D eigenvalue weighted by Gasteiger charge is 2.24. The maximum Gasteiger partial charge on any atom is 0.306 e. The lowest BCUT2D eigenvalue weighted by Crippen LogP contribution is -2.46. The maximum atomic E-state index is 13.2. The van der Waals surface area contributed by atoms with Crippen LogP contribution in [0.3, 0.4) is 0 Å². The van der Waals surface area contributed by atoms with Crippen LogP contribution >= 0.6 is 0 Å². The summed E-state index contributed by atoms with van der Waals surface area (Å²) in [6.45, 7) is 6.34. The third kappa shape index (κ3) is 40.6. The van der Waals surface area contributed by atoms with Gasteiger partial charge >= 0.3 is 5.97 Å². The average molecular weight is 814 g/mol. The third-order valence-electron chi connectivity index (χ3n) is 11.1. The van der Waals surface area contributed by atoms with E-state index in [0.29, 0.717) is 19.3 Å². The first kappa shape index (κ1) is 55.8. The number of esters is 1. The van der Waals surface area contributed by atoms with E-state index in [0.717, 1.165) is 103 Å². The highest BCUT2D eigenvalue weighted by atomic mass is 16.5. The predicted molar refractivity (Wildman–Crippen MR) is 250 cm³/mol. The predicted octanol–water partition coefficient (Wildman–Crippen LogP) is 14.7. The fourth-order valence-corrected chi connectivity index (χ4v) is 7.38. The summed E-state index contributed by atoms with van der Waals surface area (Å²) in [6, 6.07) is -0.709. The molecule has 0 aliphatic heterocycles. The number of ether oxygens (including phenoxy) is 1. The Morgan fingerprint density at radius 1 is 0.517 bits per heavy atom. The van der Waals surface area contributed by atoms with Crippen LogP contribution in [0.25, 0.3) is 0 Å². The summed E-state index contributed by atoms with van der Waals surface area (Å²) in [7, 11) is 0. The van der Waals surface area contributed by atoms with E-state index in [1.54, 1.807) is 0 Å². The van der Waals surface area contributed by atoms with Gasteiger partial charge in [0, 0.05) is 6.42 Å². The van der Waals surface area contributed by atoms with Crippen molar-refractivity contribution in [2.75, 3.05) is 6.61 Å². The molecule has 0 bridgehead atoms. The zero-order chi connectivity index (χ0) is 42.4. The van der Waals surface area contributed by atoms with Crippen LogP contribution in [-0.4, -0.2) is 46.9 Å². The van der Waals surface area contributed by atoms with Crippen molar-refractivity contribution in [2.24, 2.45) is 0 Å². The molecule has 3 unspecified atom stereocenters. The van der Waals surface area contributed by atoms with Gasteiger partial charge in [0.1, 0.15) is 6.10 Å². The first-order chi connectivity index (χ1) is 28.5. The van der Waals surface area contributed by atoms with Crippen LogP contribution in [0.4, 0.5) is 0 Å². The molecule has 0 heterocycles. The Hall–Kier alpha value is -2.18. The van der Waals surface area contributed by atoms with Gasteiger partial charge < -0.3 is 20.3 Å². The van der Waals surface area contributed by atoms with E-state index < -0.39 is 18.2 Å². The molecule has 0 aromatic rings. The summed E-state index contributed by atoms with van der Waals surface area (Å²) in [4.78, 5) is 26.1. The minimum absolute atomic E-state index is 0.0581. The van der Waals surface area contributed by atoms with E-state index in [2.05, 4.69) is 74.7 Å². The second-order valence-corrected chi connectivity index (χ2v) is 16.8. The van der Waals surface area contributed by atoms with Gasteiger partial charge in [0.05, 0.1) is 25.2 Å². The Morgan fingerprint density at radius 3 is 1.45 bits per heavy atom. The van der Waals surface area contributed by atoms with Gasteiger partial charge in [0.15, 0.2) is 0 Å². The molecule has 0 rings (SSSR count). The number of carbonyl (C=O) groups excluding carboxylic acids is 2. The largest absolute Gasteiger partial charge is 0.462 e. The molecule has 0 aromatic carbocycles. The number of carbonyl (C=O) groups is 2. The zero-order valence-electron chi connectivity index (χ0n) is 38.4. The number of hydrogen-bond donors (Lipinski definition) is 3. The van der Waals surface area contributed by atoms with Crippen molar-refractivity contribution in [3.05, 3.63) is 48.6 Å². The van der Waals surface area contributed by atoms with Crippen molar-refractivity contribution in [1.82, 2.24) is 5.32 Å². The summed E-state index contributed by atoms with van der Waals surface area (Å²) >= 11 is 0. The summed E-state index contributed by atoms with van der Waals surface area (Å²) in [6.07, 6.45) is 54.6. The molecule has 0 saturated carbocycles. The molecule has 0 aromatic heterocycles. The molecule has 0 spiro atoms. The van der Waals surface area contributed by atoms with Crippen LogP contribution in [0.2, 0.25) is 0 Å². The Balaban J connectivity index is 4.64. The highest BCUT2D eigenvalue weighted by Crippen LogP contribution is 2.17. The SMILES string of the molecule is CC/C=C/C/C=C/C/C=C/CCCCCCC(=O)OC(CCCCC/C=C/CCCCCCCCCCC)CC(=O)NC(CO)C(O)CCCCCCCCCCC. The first-order valence-electron chi connectivity index (χ1n) is 24.9. The summed E-state index contributed by atoms with van der Waals surface area (Å²) in [5.74, 6) is -0.513. The van der Waals surface area contributed by atoms with Gasteiger partial charge in [-0.15, -0.1) is 0 Å². The second kappa shape index (κ2) is 45.9. The second-order valence-electron chi connectivity index (χ2n) is 16.8. The Labute approximate surface area is 359 Å². The number of hydrogen-bond acceptors (Lipinski definition) is 5. The average Bonchev–Trinajstić information content (AvgIpc) is 3.22. The lowest BCUT2D eigenvalue weighted by molar-refractivity contribution is -0.151. The molecule has 0 radical (unpaired) electrons. The smallest absolute Gasteiger partial charge is 0.306 e. The first-order valence-corrected chi connectivity index (χ1v) is 24.9. The van der Waals surface area contributed by atoms with Crippen molar-refractivity contribution in [1.29, 1.82) is 0 Å². The molecule has 0 saturated heterocycles. The van der Waals surface area contributed by atoms with Gasteiger partial charge in [0.25, 0.3) is 0 Å². The molecule has 0 aliphatic rings. The molecule has 3 N–H and O–H groups in total. The lowest BCUT2D eigenvalue weighted by Gasteiger charge is -2.24. The number of rotatable bonds is 44. The van der Waals surface area contributed by atoms with E-state index in [9.17, 15) is 19.8 Å². The highest BCUT2D eigenvalue weighted by molar-refractivity contribution is 5.77. The minimum Gasteiger partial charge on any atom is -0.462 e. The van der Waals surface area contributed by atoms with Crippen LogP contribution in [-0.2, 0) is 14.3 Å². The quantitative estimate of drug-likeness (QED) is 0.0323. The van der Waals surface area contributed by atoms with Crippen LogP contribution in [0.5, 0.6) is 0 Å². The normalized spacial score (nSPS) is 13.7. The van der Waals surface area contributed by atoms with Crippen molar-refractivity contribution in [2.45, 2.75) is 264 Å². The number of aliphatic hydroxyl groups excluding tert-OH is 2. The van der Waals surface area contributed by atoms with Gasteiger partial charge in [-0.25, -0.2) is 0 Å². The van der Waals surface area contributed by atoms with Crippen LogP contribution in [0.1, 0.15) is 245 Å². The van der Waals surface area contributed by atoms with E-state index in [4.69, 9.17) is 4.74 Å². The number of aliphatic hydroxyl groups is 2. The Morgan fingerprint density at radius 2 is 0.931 bits per heavy atom. The van der Waals surface area contributed by atoms with Crippen molar-refractivity contribution in [3.63, 3.8) is 0 Å². The van der Waals surface area contributed by atoms with Gasteiger partial charge in [-0.05, 0) is 83.5 Å². The number of unbranched alkanes of at least 4 members (excludes halogenated alkanes) is 24. The maximum absolute atomic E-state index is 13.2. The molecule has 6 heteroatoms. The molecular formula is C52H95NO5. The van der Waals surface area contributed by atoms with Gasteiger partial charge in [0.2, 0.25) is 5.91 Å². The van der Waals surface area contributed by atoms with Gasteiger partial charge in [-0.2, -0.15) is 0 Å². The van der Waals surface area contributed by atoms with Gasteiger partial charge in [-0.1, -0.05) is 198 Å². The summed E-state index contributed by atoms with van der Waals surface area (Å²) in [5, 5.41) is 23.6. The summed E-state index contributed by atoms with van der Waals surface area (Å²) < 4.78 is 5.91. The van der Waals surface area contributed by atoms with Crippen molar-refractivity contribution >= 4 is 11.9 Å². The fraction of sp³-hybridized carbons (Fsp3) is 0.808. The number of amides is 1. The van der Waals surface area contributed by atoms with Crippen LogP contribution in [0.15, 0.2) is 48.6 Å². The molecule has 3 atom stereocenters. The fourth-order valence-electron chi connectivity index (χ4n) is 7.38. The molecule has 0 fully saturated rings. The minimum atomic E-state index is -0.793. The molecular weight excluding hydrogens is 719 g/mol. The molecule has 58 heavy (non-hydrogen) atoms. The molecule has 338 valence electrons. The zero-order valence-corrected chi connectivity index (χ0v) is 38.4. The third-order valence-corrected chi connectivity index (χ3v) is 11.1. The standard InChI is InChI=1S/C52H95NO5/c1-4-7-10-13-16-19-21-23-25-26-27-29-32-34-37-40-43-48(58-52(57)45-42-39-36-33-30-28-24-22-20-17-14-11-8-5-2)46-51(56)53-49(47-54)50(55)44-41-38-35-31-18-15-12-9-6-3/h8,11,17,20,24,27-29,48-50,54-55H,4-7,9-10,12-16,18-19,21-23,25-26,30-47H2,1-3H3,(H,53,56)/b11-8+,20-17+,28-24+,29-27+. The Kier molecular flexibility index (Phi) is 44.2. The van der Waals surface area contributed by atoms with Crippen molar-refractivity contribution < 1.29 is 24.5 Å². The summed E-state index contributed by atoms with van der Waals surface area (Å²) in [5.41, 5.74) is 0. The van der Waals surface area contributed by atoms with E-state index in [1.807, 2.05) is 0 Å². The lowest BCUT2D eigenvalue weighted by atomic mass is 10.0. The molecule has 0 aliphatic carbocycles. The number of nitrogens with one attached hydrogen (secondary N) is 1.